The van der Waals surface area contributed by atoms with Gasteiger partial charge in [0.25, 0.3) is 11.8 Å². The van der Waals surface area contributed by atoms with Crippen LogP contribution in [0.3, 0.4) is 0 Å². The molecular weight excluding hydrogens is 390 g/mol. The minimum absolute atomic E-state index is 0.0808. The monoisotopic (exact) mass is 411 g/mol. The predicted molar refractivity (Wildman–Crippen MR) is 118 cm³/mol. The number of nitriles is 1. The number of anilines is 1. The lowest BCUT2D eigenvalue weighted by Crippen LogP contribution is -2.40. The van der Waals surface area contributed by atoms with Crippen molar-refractivity contribution in [3.05, 3.63) is 89.5 Å². The van der Waals surface area contributed by atoms with Crippen molar-refractivity contribution < 1.29 is 14.3 Å². The molecule has 2 amide bonds. The Bertz CT molecular complexity index is 1160. The van der Waals surface area contributed by atoms with Crippen LogP contribution in [0.2, 0.25) is 0 Å². The topological polar surface area (TPSA) is 82.4 Å². The lowest BCUT2D eigenvalue weighted by Gasteiger charge is -2.27. The van der Waals surface area contributed by atoms with Gasteiger partial charge in [0.15, 0.2) is 0 Å². The lowest BCUT2D eigenvalue weighted by atomic mass is 9.95. The summed E-state index contributed by atoms with van der Waals surface area (Å²) < 4.78 is 5.30. The fraction of sp³-hybridized carbons (Fsp3) is 0.160. The maximum absolute atomic E-state index is 13.1. The number of nitrogens with one attached hydrogen (secondary N) is 1. The first-order valence-electron chi connectivity index (χ1n) is 10.0. The van der Waals surface area contributed by atoms with Crippen molar-refractivity contribution in [1.29, 1.82) is 5.26 Å². The van der Waals surface area contributed by atoms with Crippen molar-refractivity contribution in [2.24, 2.45) is 0 Å². The van der Waals surface area contributed by atoms with E-state index in [0.717, 1.165) is 0 Å². The van der Waals surface area contributed by atoms with Crippen molar-refractivity contribution in [2.45, 2.75) is 0 Å². The van der Waals surface area contributed by atoms with Crippen LogP contribution in [0.15, 0.2) is 72.8 Å². The van der Waals surface area contributed by atoms with E-state index in [2.05, 4.69) is 11.4 Å². The van der Waals surface area contributed by atoms with E-state index in [4.69, 9.17) is 4.74 Å². The number of benzene rings is 3. The number of carbonyl (C=O) groups is 2. The number of morpholine rings is 1. The van der Waals surface area contributed by atoms with Crippen LogP contribution in [0.5, 0.6) is 0 Å². The van der Waals surface area contributed by atoms with Gasteiger partial charge < -0.3 is 15.0 Å². The molecule has 1 saturated heterocycles. The second kappa shape index (κ2) is 9.24. The Balaban J connectivity index is 1.59. The van der Waals surface area contributed by atoms with Crippen LogP contribution in [-0.4, -0.2) is 43.0 Å². The molecule has 1 aliphatic heterocycles. The molecule has 1 fully saturated rings. The minimum Gasteiger partial charge on any atom is -0.378 e. The summed E-state index contributed by atoms with van der Waals surface area (Å²) in [6.07, 6.45) is 0. The van der Waals surface area contributed by atoms with E-state index in [-0.39, 0.29) is 11.8 Å². The van der Waals surface area contributed by atoms with Crippen LogP contribution < -0.4 is 5.32 Å². The molecule has 0 saturated carbocycles. The zero-order valence-electron chi connectivity index (χ0n) is 16.9. The highest BCUT2D eigenvalue weighted by Crippen LogP contribution is 2.27. The molecular formula is C25H21N3O3. The van der Waals surface area contributed by atoms with Crippen molar-refractivity contribution >= 4 is 17.5 Å². The summed E-state index contributed by atoms with van der Waals surface area (Å²) in [5, 5.41) is 12.3. The summed E-state index contributed by atoms with van der Waals surface area (Å²) >= 11 is 0. The lowest BCUT2D eigenvalue weighted by molar-refractivity contribution is 0.0303. The predicted octanol–water partition coefficient (Wildman–Crippen LogP) is 3.95. The summed E-state index contributed by atoms with van der Waals surface area (Å²) in [6.45, 7) is 2.18. The first-order valence-corrected chi connectivity index (χ1v) is 10.0. The van der Waals surface area contributed by atoms with Crippen LogP contribution in [-0.2, 0) is 4.74 Å². The minimum atomic E-state index is -0.306. The Morgan fingerprint density at radius 1 is 0.903 bits per heavy atom. The normalized spacial score (nSPS) is 13.3. The Labute approximate surface area is 180 Å². The average Bonchev–Trinajstić information content (AvgIpc) is 2.84. The molecule has 154 valence electrons. The molecule has 1 aliphatic rings. The molecule has 4 rings (SSSR count). The molecule has 6 nitrogen and oxygen atoms in total. The first kappa shape index (κ1) is 20.3. The van der Waals surface area contributed by atoms with Crippen LogP contribution in [0.25, 0.3) is 11.1 Å². The zero-order chi connectivity index (χ0) is 21.6. The van der Waals surface area contributed by atoms with Gasteiger partial charge in [0.05, 0.1) is 24.8 Å². The van der Waals surface area contributed by atoms with Crippen molar-refractivity contribution in [2.75, 3.05) is 31.6 Å². The smallest absolute Gasteiger partial charge is 0.256 e. The summed E-state index contributed by atoms with van der Waals surface area (Å²) in [5.74, 6) is -0.387. The fourth-order valence-corrected chi connectivity index (χ4v) is 3.61. The Morgan fingerprint density at radius 3 is 2.39 bits per heavy atom. The summed E-state index contributed by atoms with van der Waals surface area (Å²) in [6, 6.07) is 23.5. The van der Waals surface area contributed by atoms with Gasteiger partial charge in [-0.2, -0.15) is 5.26 Å². The Hall–Kier alpha value is -3.95. The Morgan fingerprint density at radius 2 is 1.61 bits per heavy atom. The van der Waals surface area contributed by atoms with Crippen molar-refractivity contribution in [3.63, 3.8) is 0 Å². The van der Waals surface area contributed by atoms with Crippen LogP contribution in [0.4, 0.5) is 5.69 Å². The average molecular weight is 411 g/mol. The number of ether oxygens (including phenoxy) is 1. The Kier molecular flexibility index (Phi) is 6.06. The molecule has 3 aromatic carbocycles. The number of carbonyl (C=O) groups excluding carboxylic acids is 2. The molecule has 1 N–H and O–H groups in total. The van der Waals surface area contributed by atoms with Crippen molar-refractivity contribution in [3.8, 4) is 17.2 Å². The molecule has 6 heteroatoms. The number of hydrogen-bond acceptors (Lipinski definition) is 4. The highest BCUT2D eigenvalue weighted by Gasteiger charge is 2.19. The van der Waals surface area contributed by atoms with E-state index in [1.165, 1.54) is 0 Å². The van der Waals surface area contributed by atoms with Crippen LogP contribution in [0.1, 0.15) is 26.3 Å². The van der Waals surface area contributed by atoms with E-state index in [9.17, 15) is 14.9 Å². The van der Waals surface area contributed by atoms with Gasteiger partial charge in [0.2, 0.25) is 0 Å². The summed E-state index contributed by atoms with van der Waals surface area (Å²) in [7, 11) is 0. The molecule has 0 atom stereocenters. The third kappa shape index (κ3) is 4.47. The summed E-state index contributed by atoms with van der Waals surface area (Å²) in [5.41, 5.74) is 3.39. The molecule has 1 heterocycles. The van der Waals surface area contributed by atoms with Gasteiger partial charge in [-0.3, -0.25) is 9.59 Å². The van der Waals surface area contributed by atoms with Gasteiger partial charge in [-0.25, -0.2) is 0 Å². The number of rotatable bonds is 4. The largest absolute Gasteiger partial charge is 0.378 e. The van der Waals surface area contributed by atoms with Gasteiger partial charge >= 0.3 is 0 Å². The van der Waals surface area contributed by atoms with Crippen LogP contribution >= 0.6 is 0 Å². The molecule has 0 unspecified atom stereocenters. The van der Waals surface area contributed by atoms with Gasteiger partial charge in [0, 0.05) is 35.5 Å². The third-order valence-corrected chi connectivity index (χ3v) is 5.18. The molecule has 0 aliphatic carbocycles. The molecule has 0 aromatic heterocycles. The zero-order valence-corrected chi connectivity index (χ0v) is 16.9. The van der Waals surface area contributed by atoms with Crippen LogP contribution in [0, 0.1) is 11.3 Å². The molecule has 31 heavy (non-hydrogen) atoms. The van der Waals surface area contributed by atoms with Crippen molar-refractivity contribution in [1.82, 2.24) is 4.90 Å². The number of amides is 2. The van der Waals surface area contributed by atoms with Gasteiger partial charge in [-0.1, -0.05) is 42.5 Å². The SMILES string of the molecule is N#Cc1ccccc1-c1ccccc1C(=O)Nc1cccc(C(=O)N2CCOCC2)c1. The van der Waals surface area contributed by atoms with E-state index in [1.54, 1.807) is 53.4 Å². The quantitative estimate of drug-likeness (QED) is 0.705. The highest BCUT2D eigenvalue weighted by atomic mass is 16.5. The van der Waals surface area contributed by atoms with E-state index >= 15 is 0 Å². The van der Waals surface area contributed by atoms with Gasteiger partial charge in [-0.15, -0.1) is 0 Å². The van der Waals surface area contributed by atoms with E-state index in [1.807, 2.05) is 24.3 Å². The third-order valence-electron chi connectivity index (χ3n) is 5.18. The molecule has 0 radical (unpaired) electrons. The standard InChI is InChI=1S/C25H21N3O3/c26-17-19-6-1-2-9-21(19)22-10-3-4-11-23(22)24(29)27-20-8-5-7-18(16-20)25(30)28-12-14-31-15-13-28/h1-11,16H,12-15H2,(H,27,29). The van der Waals surface area contributed by atoms with E-state index < -0.39 is 0 Å². The maximum atomic E-state index is 13.1. The van der Waals surface area contributed by atoms with Gasteiger partial charge in [0.1, 0.15) is 0 Å². The highest BCUT2D eigenvalue weighted by molar-refractivity contribution is 6.09. The summed E-state index contributed by atoms with van der Waals surface area (Å²) in [4.78, 5) is 27.6. The maximum Gasteiger partial charge on any atom is 0.256 e. The first-order chi connectivity index (χ1) is 15.2. The molecule has 0 bridgehead atoms. The second-order valence-electron chi connectivity index (χ2n) is 7.14. The second-order valence-corrected chi connectivity index (χ2v) is 7.14. The van der Waals surface area contributed by atoms with Gasteiger partial charge in [-0.05, 0) is 35.9 Å². The molecule has 0 spiro atoms. The number of nitrogens with zero attached hydrogens (tertiary/aromatic N) is 2. The fourth-order valence-electron chi connectivity index (χ4n) is 3.61. The molecule has 3 aromatic rings. The number of hydrogen-bond donors (Lipinski definition) is 1. The van der Waals surface area contributed by atoms with E-state index in [0.29, 0.717) is 59.8 Å².